The number of ether oxygens (including phenoxy) is 1. The summed E-state index contributed by atoms with van der Waals surface area (Å²) < 4.78 is 5.26. The number of morpholine rings is 1. The van der Waals surface area contributed by atoms with Gasteiger partial charge in [0.15, 0.2) is 0 Å². The molecule has 1 aromatic rings. The molecule has 0 aliphatic carbocycles. The van der Waals surface area contributed by atoms with Gasteiger partial charge >= 0.3 is 0 Å². The molecular weight excluding hydrogens is 204 g/mol. The van der Waals surface area contributed by atoms with Crippen molar-refractivity contribution in [1.29, 1.82) is 0 Å². The van der Waals surface area contributed by atoms with E-state index in [4.69, 9.17) is 4.74 Å². The maximum Gasteiger partial charge on any atom is 0.225 e. The van der Waals surface area contributed by atoms with Crippen LogP contribution in [0.5, 0.6) is 0 Å². The van der Waals surface area contributed by atoms with Crippen molar-refractivity contribution in [2.24, 2.45) is 0 Å². The summed E-state index contributed by atoms with van der Waals surface area (Å²) in [4.78, 5) is 10.7. The average molecular weight is 224 g/mol. The molecule has 1 N–H and O–H groups in total. The number of anilines is 2. The largest absolute Gasteiger partial charge is 0.386 e. The Hall–Kier alpha value is -1.36. The van der Waals surface area contributed by atoms with Crippen LogP contribution in [-0.2, 0) is 4.74 Å². The van der Waals surface area contributed by atoms with Gasteiger partial charge in [-0.15, -0.1) is 0 Å². The van der Waals surface area contributed by atoms with Gasteiger partial charge in [0.1, 0.15) is 0 Å². The predicted molar refractivity (Wildman–Crippen MR) is 66.0 cm³/mol. The lowest BCUT2D eigenvalue weighted by molar-refractivity contribution is 0.122. The molecular formula is C11H20N4O. The molecule has 1 fully saturated rings. The molecule has 2 rings (SSSR count). The fourth-order valence-corrected chi connectivity index (χ4v) is 1.38. The van der Waals surface area contributed by atoms with Crippen molar-refractivity contribution in [2.45, 2.75) is 13.8 Å². The topological polar surface area (TPSA) is 50.3 Å². The van der Waals surface area contributed by atoms with E-state index in [1.54, 1.807) is 12.4 Å². The minimum atomic E-state index is 0.761. The summed E-state index contributed by atoms with van der Waals surface area (Å²) in [5.74, 6) is 0.785. The zero-order chi connectivity index (χ0) is 11.8. The van der Waals surface area contributed by atoms with Crippen LogP contribution in [0.2, 0.25) is 0 Å². The SMILES string of the molecule is CC.CNc1cnc(N2CCOCC2)nc1. The number of nitrogens with one attached hydrogen (secondary N) is 1. The quantitative estimate of drug-likeness (QED) is 0.822. The molecule has 0 amide bonds. The molecule has 1 saturated heterocycles. The van der Waals surface area contributed by atoms with E-state index in [9.17, 15) is 0 Å². The van der Waals surface area contributed by atoms with E-state index >= 15 is 0 Å². The molecule has 0 aromatic carbocycles. The first-order chi connectivity index (χ1) is 7.90. The Balaban J connectivity index is 0.000000606. The second-order valence-corrected chi connectivity index (χ2v) is 3.12. The Kier molecular flexibility index (Phi) is 5.56. The fraction of sp³-hybridized carbons (Fsp3) is 0.636. The maximum absolute atomic E-state index is 5.26. The van der Waals surface area contributed by atoms with Crippen molar-refractivity contribution in [1.82, 2.24) is 9.97 Å². The predicted octanol–water partition coefficient (Wildman–Crippen LogP) is 1.38. The Morgan fingerprint density at radius 2 is 1.75 bits per heavy atom. The number of hydrogen-bond donors (Lipinski definition) is 1. The highest BCUT2D eigenvalue weighted by molar-refractivity contribution is 5.41. The summed E-state index contributed by atoms with van der Waals surface area (Å²) in [6.07, 6.45) is 3.58. The van der Waals surface area contributed by atoms with E-state index in [-0.39, 0.29) is 0 Å². The van der Waals surface area contributed by atoms with Gasteiger partial charge in [-0.05, 0) is 0 Å². The molecule has 1 aromatic heterocycles. The lowest BCUT2D eigenvalue weighted by Gasteiger charge is -2.26. The molecule has 90 valence electrons. The number of nitrogens with zero attached hydrogens (tertiary/aromatic N) is 3. The van der Waals surface area contributed by atoms with Gasteiger partial charge in [0, 0.05) is 20.1 Å². The molecule has 16 heavy (non-hydrogen) atoms. The Morgan fingerprint density at radius 3 is 2.25 bits per heavy atom. The third kappa shape index (κ3) is 3.34. The van der Waals surface area contributed by atoms with Crippen LogP contribution in [0.15, 0.2) is 12.4 Å². The van der Waals surface area contributed by atoms with Gasteiger partial charge in [-0.25, -0.2) is 9.97 Å². The van der Waals surface area contributed by atoms with Crippen molar-refractivity contribution in [3.63, 3.8) is 0 Å². The van der Waals surface area contributed by atoms with Crippen molar-refractivity contribution >= 4 is 11.6 Å². The molecule has 0 bridgehead atoms. The normalized spacial score (nSPS) is 15.1. The van der Waals surface area contributed by atoms with Crippen LogP contribution in [0.1, 0.15) is 13.8 Å². The molecule has 0 atom stereocenters. The van der Waals surface area contributed by atoms with Crippen LogP contribution in [-0.4, -0.2) is 43.3 Å². The number of aromatic nitrogens is 2. The summed E-state index contributed by atoms with van der Waals surface area (Å²) in [6, 6.07) is 0. The van der Waals surface area contributed by atoms with Crippen LogP contribution >= 0.6 is 0 Å². The van der Waals surface area contributed by atoms with E-state index in [0.717, 1.165) is 37.9 Å². The van der Waals surface area contributed by atoms with Gasteiger partial charge in [0.2, 0.25) is 5.95 Å². The van der Waals surface area contributed by atoms with Gasteiger partial charge < -0.3 is 15.0 Å². The van der Waals surface area contributed by atoms with Gasteiger partial charge in [0.25, 0.3) is 0 Å². The van der Waals surface area contributed by atoms with Crippen LogP contribution in [0.25, 0.3) is 0 Å². The van der Waals surface area contributed by atoms with Crippen molar-refractivity contribution in [2.75, 3.05) is 43.6 Å². The third-order valence-corrected chi connectivity index (χ3v) is 2.22. The lowest BCUT2D eigenvalue weighted by Crippen LogP contribution is -2.37. The molecule has 0 unspecified atom stereocenters. The molecule has 1 aliphatic rings. The van der Waals surface area contributed by atoms with E-state index < -0.39 is 0 Å². The first-order valence-corrected chi connectivity index (χ1v) is 5.72. The zero-order valence-corrected chi connectivity index (χ0v) is 10.2. The molecule has 0 saturated carbocycles. The third-order valence-electron chi connectivity index (χ3n) is 2.22. The molecule has 5 nitrogen and oxygen atoms in total. The van der Waals surface area contributed by atoms with Crippen LogP contribution in [0.4, 0.5) is 11.6 Å². The Bertz CT molecular complexity index is 283. The minimum Gasteiger partial charge on any atom is -0.386 e. The fourth-order valence-electron chi connectivity index (χ4n) is 1.38. The summed E-state index contributed by atoms with van der Waals surface area (Å²) in [5, 5.41) is 2.99. The van der Waals surface area contributed by atoms with E-state index in [2.05, 4.69) is 20.2 Å². The highest BCUT2D eigenvalue weighted by atomic mass is 16.5. The van der Waals surface area contributed by atoms with E-state index in [1.807, 2.05) is 20.9 Å². The van der Waals surface area contributed by atoms with Gasteiger partial charge in [-0.2, -0.15) is 0 Å². The second-order valence-electron chi connectivity index (χ2n) is 3.12. The van der Waals surface area contributed by atoms with Crippen molar-refractivity contribution in [3.05, 3.63) is 12.4 Å². The standard InChI is InChI=1S/C9H14N4O.C2H6/c1-10-8-6-11-9(12-7-8)13-2-4-14-5-3-13;1-2/h6-7,10H,2-5H2,1H3;1-2H3. The first-order valence-electron chi connectivity index (χ1n) is 5.72. The monoisotopic (exact) mass is 224 g/mol. The van der Waals surface area contributed by atoms with Crippen LogP contribution < -0.4 is 10.2 Å². The Labute approximate surface area is 96.8 Å². The van der Waals surface area contributed by atoms with E-state index in [0.29, 0.717) is 0 Å². The second kappa shape index (κ2) is 7.00. The van der Waals surface area contributed by atoms with Crippen molar-refractivity contribution < 1.29 is 4.74 Å². The lowest BCUT2D eigenvalue weighted by atomic mass is 10.4. The van der Waals surface area contributed by atoms with E-state index in [1.165, 1.54) is 0 Å². The zero-order valence-electron chi connectivity index (χ0n) is 10.2. The first kappa shape index (κ1) is 12.7. The average Bonchev–Trinajstić information content (AvgIpc) is 2.42. The Morgan fingerprint density at radius 1 is 1.19 bits per heavy atom. The molecule has 0 radical (unpaired) electrons. The number of rotatable bonds is 2. The summed E-state index contributed by atoms with van der Waals surface area (Å²) >= 11 is 0. The summed E-state index contributed by atoms with van der Waals surface area (Å²) in [6.45, 7) is 7.27. The van der Waals surface area contributed by atoms with Crippen molar-refractivity contribution in [3.8, 4) is 0 Å². The molecule has 2 heterocycles. The maximum atomic E-state index is 5.26. The summed E-state index contributed by atoms with van der Waals surface area (Å²) in [5.41, 5.74) is 0.932. The van der Waals surface area contributed by atoms with Gasteiger partial charge in [-0.3, -0.25) is 0 Å². The number of hydrogen-bond acceptors (Lipinski definition) is 5. The van der Waals surface area contributed by atoms with Gasteiger partial charge in [0.05, 0.1) is 31.3 Å². The molecule has 0 spiro atoms. The smallest absolute Gasteiger partial charge is 0.225 e. The highest BCUT2D eigenvalue weighted by Gasteiger charge is 2.12. The van der Waals surface area contributed by atoms with Crippen LogP contribution in [0.3, 0.4) is 0 Å². The minimum absolute atomic E-state index is 0.761. The molecule has 1 aliphatic heterocycles. The van der Waals surface area contributed by atoms with Gasteiger partial charge in [-0.1, -0.05) is 13.8 Å². The van der Waals surface area contributed by atoms with Crippen LogP contribution in [0, 0.1) is 0 Å². The highest BCUT2D eigenvalue weighted by Crippen LogP contribution is 2.10. The summed E-state index contributed by atoms with van der Waals surface area (Å²) in [7, 11) is 1.85. The molecule has 5 heteroatoms.